The largest absolute Gasteiger partial charge is 0.331 e. The third-order valence-corrected chi connectivity index (χ3v) is 2.95. The van der Waals surface area contributed by atoms with Gasteiger partial charge < -0.3 is 4.98 Å². The quantitative estimate of drug-likeness (QED) is 0.719. The number of rotatable bonds is 1. The van der Waals surface area contributed by atoms with Crippen molar-refractivity contribution in [3.05, 3.63) is 63.8 Å². The lowest BCUT2D eigenvalue weighted by atomic mass is 10.2. The van der Waals surface area contributed by atoms with Crippen LogP contribution in [0.25, 0.3) is 16.7 Å². The van der Waals surface area contributed by atoms with Gasteiger partial charge in [0.15, 0.2) is 0 Å². The van der Waals surface area contributed by atoms with E-state index in [9.17, 15) is 9.18 Å². The molecule has 0 aliphatic rings. The highest BCUT2D eigenvalue weighted by Gasteiger charge is 2.09. The summed E-state index contributed by atoms with van der Waals surface area (Å²) in [7, 11) is 0. The minimum Gasteiger partial charge on any atom is -0.305 e. The number of benzene rings is 2. The average molecular weight is 263 g/mol. The Bertz CT molecular complexity index is 791. The van der Waals surface area contributed by atoms with Crippen molar-refractivity contribution in [2.45, 2.75) is 0 Å². The van der Waals surface area contributed by atoms with Crippen LogP contribution >= 0.6 is 11.6 Å². The lowest BCUT2D eigenvalue weighted by Gasteiger charge is -2.03. The molecule has 0 aliphatic heterocycles. The highest BCUT2D eigenvalue weighted by atomic mass is 35.5. The van der Waals surface area contributed by atoms with Crippen molar-refractivity contribution in [3.63, 3.8) is 0 Å². The van der Waals surface area contributed by atoms with Crippen LogP contribution in [0.3, 0.4) is 0 Å². The SMILES string of the molecule is O=c1[nH]c2ccc(F)cc2n1-c1cccc(Cl)c1. The molecule has 0 amide bonds. The van der Waals surface area contributed by atoms with E-state index >= 15 is 0 Å². The Morgan fingerprint density at radius 2 is 2.00 bits per heavy atom. The van der Waals surface area contributed by atoms with Crippen LogP contribution in [0.2, 0.25) is 5.02 Å². The smallest absolute Gasteiger partial charge is 0.305 e. The number of nitrogens with one attached hydrogen (secondary N) is 1. The summed E-state index contributed by atoms with van der Waals surface area (Å²) in [4.78, 5) is 14.6. The maximum atomic E-state index is 13.3. The van der Waals surface area contributed by atoms with Crippen LogP contribution in [0, 0.1) is 5.82 Å². The molecule has 3 aromatic rings. The molecule has 0 saturated heterocycles. The molecule has 1 aromatic heterocycles. The van der Waals surface area contributed by atoms with E-state index in [1.165, 1.54) is 22.8 Å². The average Bonchev–Trinajstić information content (AvgIpc) is 2.64. The van der Waals surface area contributed by atoms with Crippen molar-refractivity contribution in [3.8, 4) is 5.69 Å². The predicted molar refractivity (Wildman–Crippen MR) is 68.9 cm³/mol. The first kappa shape index (κ1) is 11.0. The Morgan fingerprint density at radius 1 is 1.17 bits per heavy atom. The molecule has 2 aromatic carbocycles. The second kappa shape index (κ2) is 3.99. The zero-order chi connectivity index (χ0) is 12.7. The zero-order valence-electron chi connectivity index (χ0n) is 9.15. The molecule has 0 aliphatic carbocycles. The predicted octanol–water partition coefficient (Wildman–Crippen LogP) is 3.11. The number of hydrogen-bond acceptors (Lipinski definition) is 1. The number of nitrogens with zero attached hydrogens (tertiary/aromatic N) is 1. The van der Waals surface area contributed by atoms with Gasteiger partial charge in [0.25, 0.3) is 0 Å². The van der Waals surface area contributed by atoms with Gasteiger partial charge in [-0.2, -0.15) is 0 Å². The van der Waals surface area contributed by atoms with E-state index < -0.39 is 5.82 Å². The van der Waals surface area contributed by atoms with Crippen LogP contribution in [0.15, 0.2) is 47.3 Å². The monoisotopic (exact) mass is 262 g/mol. The van der Waals surface area contributed by atoms with Crippen molar-refractivity contribution >= 4 is 22.6 Å². The molecule has 5 heteroatoms. The Labute approximate surface area is 106 Å². The van der Waals surface area contributed by atoms with E-state index in [0.29, 0.717) is 21.7 Å². The molecule has 18 heavy (non-hydrogen) atoms. The van der Waals surface area contributed by atoms with E-state index in [-0.39, 0.29) is 5.69 Å². The van der Waals surface area contributed by atoms with Gasteiger partial charge in [0.1, 0.15) is 5.82 Å². The van der Waals surface area contributed by atoms with Crippen LogP contribution in [0.1, 0.15) is 0 Å². The molecule has 90 valence electrons. The Kier molecular flexibility index (Phi) is 2.45. The van der Waals surface area contributed by atoms with Crippen molar-refractivity contribution < 1.29 is 4.39 Å². The lowest BCUT2D eigenvalue weighted by Crippen LogP contribution is -2.14. The zero-order valence-corrected chi connectivity index (χ0v) is 9.91. The molecule has 0 spiro atoms. The first-order valence-corrected chi connectivity index (χ1v) is 5.69. The second-order valence-corrected chi connectivity index (χ2v) is 4.34. The molecule has 0 fully saturated rings. The highest BCUT2D eigenvalue weighted by molar-refractivity contribution is 6.30. The van der Waals surface area contributed by atoms with Crippen molar-refractivity contribution in [1.29, 1.82) is 0 Å². The summed E-state index contributed by atoms with van der Waals surface area (Å²) in [5.41, 5.74) is 1.35. The minimum absolute atomic E-state index is 0.321. The molecule has 0 saturated carbocycles. The van der Waals surface area contributed by atoms with Gasteiger partial charge in [0, 0.05) is 11.1 Å². The molecular weight excluding hydrogens is 255 g/mol. The Hall–Kier alpha value is -2.07. The van der Waals surface area contributed by atoms with E-state index in [1.54, 1.807) is 24.3 Å². The number of halogens is 2. The van der Waals surface area contributed by atoms with Crippen LogP contribution in [-0.2, 0) is 0 Å². The Balaban J connectivity index is 2.38. The number of hydrogen-bond donors (Lipinski definition) is 1. The van der Waals surface area contributed by atoms with Gasteiger partial charge in [-0.3, -0.25) is 4.57 Å². The second-order valence-electron chi connectivity index (χ2n) is 3.91. The Morgan fingerprint density at radius 3 is 2.78 bits per heavy atom. The van der Waals surface area contributed by atoms with E-state index in [4.69, 9.17) is 11.6 Å². The number of aromatic amines is 1. The van der Waals surface area contributed by atoms with E-state index in [2.05, 4.69) is 4.98 Å². The highest BCUT2D eigenvalue weighted by Crippen LogP contribution is 2.19. The molecule has 3 rings (SSSR count). The summed E-state index contributed by atoms with van der Waals surface area (Å²) in [6.07, 6.45) is 0. The molecule has 1 N–H and O–H groups in total. The molecule has 0 unspecified atom stereocenters. The normalized spacial score (nSPS) is 11.0. The third kappa shape index (κ3) is 1.71. The van der Waals surface area contributed by atoms with Gasteiger partial charge in [0.2, 0.25) is 0 Å². The molecule has 0 bridgehead atoms. The summed E-state index contributed by atoms with van der Waals surface area (Å²) in [6.45, 7) is 0. The number of fused-ring (bicyclic) bond motifs is 1. The van der Waals surface area contributed by atoms with Crippen molar-refractivity contribution in [2.75, 3.05) is 0 Å². The summed E-state index contributed by atoms with van der Waals surface area (Å²) in [5, 5.41) is 0.519. The molecule has 0 radical (unpaired) electrons. The number of H-pyrrole nitrogens is 1. The van der Waals surface area contributed by atoms with Crippen molar-refractivity contribution in [2.24, 2.45) is 0 Å². The standard InChI is InChI=1S/C13H8ClFN2O/c14-8-2-1-3-10(6-8)17-12-7-9(15)4-5-11(12)16-13(17)18/h1-7H,(H,16,18). The first-order valence-electron chi connectivity index (χ1n) is 5.31. The van der Waals surface area contributed by atoms with Crippen LogP contribution < -0.4 is 5.69 Å². The van der Waals surface area contributed by atoms with Gasteiger partial charge in [-0.05, 0) is 30.3 Å². The maximum Gasteiger partial charge on any atom is 0.331 e. The summed E-state index contributed by atoms with van der Waals surface area (Å²) < 4.78 is 14.7. The van der Waals surface area contributed by atoms with Crippen LogP contribution in [0.4, 0.5) is 4.39 Å². The summed E-state index contributed by atoms with van der Waals surface area (Å²) >= 11 is 5.90. The topological polar surface area (TPSA) is 37.8 Å². The molecule has 3 nitrogen and oxygen atoms in total. The summed E-state index contributed by atoms with van der Waals surface area (Å²) in [5.74, 6) is -0.391. The molecular formula is C13H8ClFN2O. The third-order valence-electron chi connectivity index (χ3n) is 2.71. The van der Waals surface area contributed by atoms with E-state index in [0.717, 1.165) is 0 Å². The van der Waals surface area contributed by atoms with Crippen molar-refractivity contribution in [1.82, 2.24) is 9.55 Å². The fraction of sp³-hybridized carbons (Fsp3) is 0. The number of aromatic nitrogens is 2. The minimum atomic E-state index is -0.391. The van der Waals surface area contributed by atoms with E-state index in [1.807, 2.05) is 0 Å². The van der Waals surface area contributed by atoms with Gasteiger partial charge in [-0.15, -0.1) is 0 Å². The fourth-order valence-corrected chi connectivity index (χ4v) is 2.13. The fourth-order valence-electron chi connectivity index (χ4n) is 1.95. The van der Waals surface area contributed by atoms with Gasteiger partial charge >= 0.3 is 5.69 Å². The number of imidazole rings is 1. The van der Waals surface area contributed by atoms with Gasteiger partial charge in [-0.25, -0.2) is 9.18 Å². The van der Waals surface area contributed by atoms with Gasteiger partial charge in [-0.1, -0.05) is 17.7 Å². The maximum absolute atomic E-state index is 13.3. The van der Waals surface area contributed by atoms with Gasteiger partial charge in [0.05, 0.1) is 16.7 Å². The van der Waals surface area contributed by atoms with Crippen LogP contribution in [-0.4, -0.2) is 9.55 Å². The first-order chi connectivity index (χ1) is 8.65. The summed E-state index contributed by atoms with van der Waals surface area (Å²) in [6, 6.07) is 11.0. The van der Waals surface area contributed by atoms with Crippen LogP contribution in [0.5, 0.6) is 0 Å². The molecule has 1 heterocycles. The molecule has 0 atom stereocenters. The lowest BCUT2D eigenvalue weighted by molar-refractivity contribution is 0.629.